The van der Waals surface area contributed by atoms with Crippen molar-refractivity contribution in [1.29, 1.82) is 0 Å². The Morgan fingerprint density at radius 3 is 2.37 bits per heavy atom. The van der Waals surface area contributed by atoms with Crippen molar-refractivity contribution >= 4 is 17.8 Å². The Balaban J connectivity index is 2.68. The smallest absolute Gasteiger partial charge is 0.342 e. The third-order valence-electron chi connectivity index (χ3n) is 4.27. The Morgan fingerprint density at radius 1 is 1.30 bits per heavy atom. The fourth-order valence-electron chi connectivity index (χ4n) is 3.03. The maximum absolute atomic E-state index is 12.7. The molecule has 0 saturated heterocycles. The number of carbonyl (C=O) groups is 2. The molecule has 2 heterocycles. The molecule has 1 N–H and O–H groups in total. The van der Waals surface area contributed by atoms with Gasteiger partial charge in [-0.1, -0.05) is 6.92 Å². The second-order valence-corrected chi connectivity index (χ2v) is 6.05. The first-order valence-corrected chi connectivity index (χ1v) is 8.34. The Labute approximate surface area is 156 Å². The molecule has 0 bridgehead atoms. The molecule has 1 aliphatic rings. The molecule has 0 spiro atoms. The predicted octanol–water partition coefficient (Wildman–Crippen LogP) is 1.69. The van der Waals surface area contributed by atoms with Crippen molar-refractivity contribution in [3.05, 3.63) is 44.7 Å². The van der Waals surface area contributed by atoms with Crippen LogP contribution in [0, 0.1) is 10.1 Å². The van der Waals surface area contributed by atoms with Gasteiger partial charge >= 0.3 is 17.8 Å². The molecular weight excluding hydrogens is 356 g/mol. The van der Waals surface area contributed by atoms with Crippen LogP contribution in [-0.4, -0.2) is 40.1 Å². The van der Waals surface area contributed by atoms with Crippen LogP contribution in [0.2, 0.25) is 0 Å². The van der Waals surface area contributed by atoms with Crippen molar-refractivity contribution in [2.24, 2.45) is 7.05 Å². The van der Waals surface area contributed by atoms with E-state index in [1.165, 1.54) is 18.7 Å². The summed E-state index contributed by atoms with van der Waals surface area (Å²) in [6.07, 6.45) is 1.72. The Hall–Kier alpha value is -3.17. The summed E-state index contributed by atoms with van der Waals surface area (Å²) in [4.78, 5) is 39.9. The molecule has 0 aromatic carbocycles. The van der Waals surface area contributed by atoms with Crippen LogP contribution in [0.3, 0.4) is 0 Å². The van der Waals surface area contributed by atoms with E-state index in [0.717, 1.165) is 6.20 Å². The van der Waals surface area contributed by atoms with Gasteiger partial charge < -0.3 is 24.9 Å². The van der Waals surface area contributed by atoms with Crippen molar-refractivity contribution in [3.63, 3.8) is 0 Å². The molecule has 2 rings (SSSR count). The number of allylic oxidation sites excluding steroid dienone is 2. The molecule has 10 nitrogen and oxygen atoms in total. The van der Waals surface area contributed by atoms with Crippen molar-refractivity contribution < 1.29 is 24.0 Å². The Bertz CT molecular complexity index is 852. The van der Waals surface area contributed by atoms with Gasteiger partial charge in [0.25, 0.3) is 0 Å². The third-order valence-corrected chi connectivity index (χ3v) is 4.27. The van der Waals surface area contributed by atoms with Crippen LogP contribution in [0.25, 0.3) is 0 Å². The Kier molecular flexibility index (Phi) is 5.98. The van der Waals surface area contributed by atoms with Gasteiger partial charge in [0.05, 0.1) is 31.9 Å². The molecule has 10 heteroatoms. The minimum Gasteiger partial charge on any atom is -0.466 e. The van der Waals surface area contributed by atoms with E-state index in [-0.39, 0.29) is 29.4 Å². The summed E-state index contributed by atoms with van der Waals surface area (Å²) in [7, 11) is 2.68. The van der Waals surface area contributed by atoms with Gasteiger partial charge in [-0.15, -0.1) is 0 Å². The van der Waals surface area contributed by atoms with Gasteiger partial charge in [-0.25, -0.2) is 19.1 Å². The van der Waals surface area contributed by atoms with Crippen LogP contribution in [-0.2, 0) is 26.1 Å². The number of ether oxygens (including phenoxy) is 2. The van der Waals surface area contributed by atoms with E-state index in [9.17, 15) is 19.7 Å². The SMILES string of the molecule is CCCOC(=O)C1=C(C)NC(C)=C(C(=O)OC)C1c1ncc([N+](=O)[O-])n1C. The first-order chi connectivity index (χ1) is 12.7. The highest BCUT2D eigenvalue weighted by molar-refractivity contribution is 5.99. The second kappa shape index (κ2) is 8.02. The fraction of sp³-hybridized carbons (Fsp3) is 0.471. The van der Waals surface area contributed by atoms with E-state index in [1.807, 2.05) is 6.92 Å². The molecule has 1 unspecified atom stereocenters. The fourth-order valence-corrected chi connectivity index (χ4v) is 3.03. The average Bonchev–Trinajstić information content (AvgIpc) is 2.99. The number of imidazole rings is 1. The van der Waals surface area contributed by atoms with Gasteiger partial charge in [0.2, 0.25) is 5.82 Å². The second-order valence-electron chi connectivity index (χ2n) is 6.05. The van der Waals surface area contributed by atoms with Crippen LogP contribution in [0.4, 0.5) is 5.82 Å². The van der Waals surface area contributed by atoms with E-state index in [1.54, 1.807) is 13.8 Å². The number of rotatable bonds is 6. The summed E-state index contributed by atoms with van der Waals surface area (Å²) in [5.41, 5.74) is 1.27. The average molecular weight is 378 g/mol. The molecule has 0 aliphatic carbocycles. The van der Waals surface area contributed by atoms with Crippen LogP contribution < -0.4 is 5.32 Å². The zero-order valence-electron chi connectivity index (χ0n) is 15.9. The minimum atomic E-state index is -0.957. The van der Waals surface area contributed by atoms with Crippen LogP contribution in [0.1, 0.15) is 38.9 Å². The number of nitrogens with one attached hydrogen (secondary N) is 1. The van der Waals surface area contributed by atoms with Gasteiger partial charge in [-0.2, -0.15) is 0 Å². The predicted molar refractivity (Wildman–Crippen MR) is 94.4 cm³/mol. The van der Waals surface area contributed by atoms with E-state index in [2.05, 4.69) is 10.3 Å². The summed E-state index contributed by atoms with van der Waals surface area (Å²) in [5, 5.41) is 14.2. The molecule has 0 fully saturated rings. The molecule has 0 radical (unpaired) electrons. The monoisotopic (exact) mass is 378 g/mol. The number of hydrogen-bond acceptors (Lipinski definition) is 8. The highest BCUT2D eigenvalue weighted by atomic mass is 16.6. The zero-order chi connectivity index (χ0) is 20.3. The molecule has 27 heavy (non-hydrogen) atoms. The standard InChI is InChI=1S/C17H22N4O6/c1-6-7-27-17(23)13-10(3)19-9(2)12(16(22)26-5)14(13)15-18-8-11(20(15)4)21(24)25/h8,14,19H,6-7H2,1-5H3. The lowest BCUT2D eigenvalue weighted by molar-refractivity contribution is -0.391. The number of carbonyl (C=O) groups excluding carboxylic acids is 2. The number of dihydropyridines is 1. The van der Waals surface area contributed by atoms with Crippen molar-refractivity contribution in [2.45, 2.75) is 33.1 Å². The summed E-state index contributed by atoms with van der Waals surface area (Å²) >= 11 is 0. The van der Waals surface area contributed by atoms with Crippen LogP contribution in [0.5, 0.6) is 0 Å². The Morgan fingerprint density at radius 2 is 1.89 bits per heavy atom. The number of nitrogens with zero attached hydrogens (tertiary/aromatic N) is 3. The minimum absolute atomic E-state index is 0.148. The number of methoxy groups -OCH3 is 1. The molecule has 1 aromatic rings. The summed E-state index contributed by atoms with van der Waals surface area (Å²) < 4.78 is 11.4. The van der Waals surface area contributed by atoms with Crippen LogP contribution >= 0.6 is 0 Å². The lowest BCUT2D eigenvalue weighted by Crippen LogP contribution is -2.33. The highest BCUT2D eigenvalue weighted by Gasteiger charge is 2.42. The lowest BCUT2D eigenvalue weighted by atomic mass is 9.84. The molecule has 1 atom stereocenters. The number of hydrogen-bond donors (Lipinski definition) is 1. The quantitative estimate of drug-likeness (QED) is 0.450. The molecule has 1 aromatic heterocycles. The summed E-state index contributed by atoms with van der Waals surface area (Å²) in [5.74, 6) is -2.33. The highest BCUT2D eigenvalue weighted by Crippen LogP contribution is 2.39. The topological polar surface area (TPSA) is 126 Å². The molecular formula is C17H22N4O6. The number of esters is 2. The molecule has 0 amide bonds. The van der Waals surface area contributed by atoms with Crippen molar-refractivity contribution in [3.8, 4) is 0 Å². The van der Waals surface area contributed by atoms with E-state index < -0.39 is 22.8 Å². The van der Waals surface area contributed by atoms with Gasteiger partial charge in [0.1, 0.15) is 12.1 Å². The summed E-state index contributed by atoms with van der Waals surface area (Å²) in [6, 6.07) is 0. The summed E-state index contributed by atoms with van der Waals surface area (Å²) in [6.45, 7) is 5.40. The van der Waals surface area contributed by atoms with E-state index in [4.69, 9.17) is 9.47 Å². The van der Waals surface area contributed by atoms with Crippen LogP contribution in [0.15, 0.2) is 28.7 Å². The van der Waals surface area contributed by atoms with Gasteiger partial charge in [-0.3, -0.25) is 0 Å². The first-order valence-electron chi connectivity index (χ1n) is 8.34. The largest absolute Gasteiger partial charge is 0.466 e. The normalized spacial score (nSPS) is 16.9. The molecule has 1 aliphatic heterocycles. The van der Waals surface area contributed by atoms with E-state index in [0.29, 0.717) is 17.8 Å². The van der Waals surface area contributed by atoms with Gasteiger partial charge in [-0.05, 0) is 25.2 Å². The van der Waals surface area contributed by atoms with E-state index >= 15 is 0 Å². The number of aromatic nitrogens is 2. The zero-order valence-corrected chi connectivity index (χ0v) is 15.9. The third kappa shape index (κ3) is 3.69. The van der Waals surface area contributed by atoms with Crippen molar-refractivity contribution in [1.82, 2.24) is 14.9 Å². The number of nitro groups is 1. The lowest BCUT2D eigenvalue weighted by Gasteiger charge is -2.28. The first kappa shape index (κ1) is 20.1. The molecule has 0 saturated carbocycles. The van der Waals surface area contributed by atoms with Gasteiger partial charge in [0.15, 0.2) is 0 Å². The van der Waals surface area contributed by atoms with Crippen molar-refractivity contribution in [2.75, 3.05) is 13.7 Å². The van der Waals surface area contributed by atoms with Gasteiger partial charge in [0, 0.05) is 11.4 Å². The molecule has 146 valence electrons. The maximum atomic E-state index is 12.7. The maximum Gasteiger partial charge on any atom is 0.342 e.